The Balaban J connectivity index is 1.69. The zero-order valence-corrected chi connectivity index (χ0v) is 15.4. The topological polar surface area (TPSA) is 69.7 Å². The maximum absolute atomic E-state index is 13.3. The van der Waals surface area contributed by atoms with Gasteiger partial charge in [0.05, 0.1) is 11.3 Å². The Bertz CT molecular complexity index is 938. The van der Waals surface area contributed by atoms with Gasteiger partial charge in [0.25, 0.3) is 11.8 Å². The Morgan fingerprint density at radius 1 is 1.11 bits per heavy atom. The van der Waals surface area contributed by atoms with Gasteiger partial charge in [-0.2, -0.15) is 0 Å². The summed E-state index contributed by atoms with van der Waals surface area (Å²) in [6.45, 7) is 2.34. The number of aryl methyl sites for hydroxylation is 1. The van der Waals surface area contributed by atoms with Gasteiger partial charge in [-0.1, -0.05) is 42.0 Å². The van der Waals surface area contributed by atoms with Crippen molar-refractivity contribution in [1.29, 1.82) is 0 Å². The van der Waals surface area contributed by atoms with Crippen LogP contribution in [0.15, 0.2) is 48.5 Å². The largest absolute Gasteiger partial charge is 0.348 e. The molecule has 0 spiro atoms. The van der Waals surface area contributed by atoms with Gasteiger partial charge in [0, 0.05) is 26.4 Å². The van der Waals surface area contributed by atoms with E-state index in [9.17, 15) is 14.4 Å². The molecule has 0 radical (unpaired) electrons. The van der Waals surface area contributed by atoms with Gasteiger partial charge in [-0.25, -0.2) is 0 Å². The summed E-state index contributed by atoms with van der Waals surface area (Å²) in [4.78, 5) is 41.7. The number of anilines is 1. The molecule has 3 amide bonds. The summed E-state index contributed by atoms with van der Waals surface area (Å²) in [7, 11) is 1.59. The number of para-hydroxylation sites is 1. The Morgan fingerprint density at radius 2 is 1.81 bits per heavy atom. The molecular formula is C21H21N3O3. The minimum atomic E-state index is -1.31. The highest BCUT2D eigenvalue weighted by atomic mass is 16.2. The molecule has 1 N–H and O–H groups in total. The van der Waals surface area contributed by atoms with Crippen molar-refractivity contribution in [2.75, 3.05) is 11.9 Å². The number of hydrogen-bond acceptors (Lipinski definition) is 3. The fourth-order valence-electron chi connectivity index (χ4n) is 3.96. The molecule has 1 unspecified atom stereocenters. The van der Waals surface area contributed by atoms with Crippen molar-refractivity contribution in [2.45, 2.75) is 32.0 Å². The van der Waals surface area contributed by atoms with Gasteiger partial charge < -0.3 is 10.2 Å². The first-order chi connectivity index (χ1) is 12.9. The van der Waals surface area contributed by atoms with Crippen molar-refractivity contribution in [3.8, 4) is 0 Å². The van der Waals surface area contributed by atoms with Gasteiger partial charge in [-0.15, -0.1) is 0 Å². The van der Waals surface area contributed by atoms with E-state index >= 15 is 0 Å². The standard InChI is InChI=1S/C21H21N3O3/c1-14-7-9-15(10-8-14)13-22-20(27)21-12-11-18(25)24(21)17-6-4-3-5-16(17)19(26)23(21)2/h3-10H,11-13H2,1-2H3,(H,22,27). The zero-order valence-electron chi connectivity index (χ0n) is 15.4. The van der Waals surface area contributed by atoms with Crippen molar-refractivity contribution in [3.63, 3.8) is 0 Å². The summed E-state index contributed by atoms with van der Waals surface area (Å²) < 4.78 is 0. The van der Waals surface area contributed by atoms with E-state index < -0.39 is 5.66 Å². The Labute approximate surface area is 157 Å². The number of benzene rings is 2. The zero-order chi connectivity index (χ0) is 19.2. The SMILES string of the molecule is Cc1ccc(CNC(=O)C23CCC(=O)N2c2ccccc2C(=O)N3C)cc1. The highest BCUT2D eigenvalue weighted by Gasteiger charge is 2.59. The molecule has 27 heavy (non-hydrogen) atoms. The van der Waals surface area contributed by atoms with Crippen LogP contribution in [0.25, 0.3) is 0 Å². The van der Waals surface area contributed by atoms with E-state index in [1.165, 1.54) is 9.80 Å². The molecule has 2 aliphatic heterocycles. The second-order valence-corrected chi connectivity index (χ2v) is 7.10. The maximum Gasteiger partial charge on any atom is 0.267 e. The van der Waals surface area contributed by atoms with E-state index in [1.807, 2.05) is 31.2 Å². The molecule has 1 saturated heterocycles. The predicted molar refractivity (Wildman–Crippen MR) is 101 cm³/mol. The first-order valence-electron chi connectivity index (χ1n) is 8.99. The Kier molecular flexibility index (Phi) is 3.98. The lowest BCUT2D eigenvalue weighted by atomic mass is 9.96. The van der Waals surface area contributed by atoms with Gasteiger partial charge in [0.1, 0.15) is 0 Å². The first kappa shape index (κ1) is 17.3. The summed E-state index contributed by atoms with van der Waals surface area (Å²) >= 11 is 0. The molecule has 2 heterocycles. The van der Waals surface area contributed by atoms with Crippen molar-refractivity contribution in [3.05, 3.63) is 65.2 Å². The molecule has 2 aliphatic rings. The monoisotopic (exact) mass is 363 g/mol. The van der Waals surface area contributed by atoms with Crippen LogP contribution in [0.1, 0.15) is 34.3 Å². The van der Waals surface area contributed by atoms with E-state index in [0.717, 1.165) is 11.1 Å². The van der Waals surface area contributed by atoms with Crippen LogP contribution >= 0.6 is 0 Å². The van der Waals surface area contributed by atoms with Crippen molar-refractivity contribution < 1.29 is 14.4 Å². The number of carbonyl (C=O) groups excluding carboxylic acids is 3. The predicted octanol–water partition coefficient (Wildman–Crippen LogP) is 2.22. The number of hydrogen-bond donors (Lipinski definition) is 1. The number of fused-ring (bicyclic) bond motifs is 3. The molecule has 0 bridgehead atoms. The van der Waals surface area contributed by atoms with Gasteiger partial charge >= 0.3 is 0 Å². The third-order valence-corrected chi connectivity index (χ3v) is 5.48. The highest BCUT2D eigenvalue weighted by Crippen LogP contribution is 2.43. The lowest BCUT2D eigenvalue weighted by Crippen LogP contribution is -2.69. The number of rotatable bonds is 3. The highest BCUT2D eigenvalue weighted by molar-refractivity contribution is 6.16. The number of amides is 3. The summed E-state index contributed by atoms with van der Waals surface area (Å²) in [5.74, 6) is -0.728. The number of likely N-dealkylation sites (N-methyl/N-ethyl adjacent to an activating group) is 1. The van der Waals surface area contributed by atoms with Crippen molar-refractivity contribution >= 4 is 23.4 Å². The van der Waals surface area contributed by atoms with Crippen LogP contribution in [0, 0.1) is 6.92 Å². The second kappa shape index (κ2) is 6.23. The van der Waals surface area contributed by atoms with Crippen LogP contribution < -0.4 is 10.2 Å². The second-order valence-electron chi connectivity index (χ2n) is 7.10. The molecule has 2 aromatic carbocycles. The van der Waals surface area contributed by atoms with Gasteiger partial charge in [0.2, 0.25) is 11.6 Å². The molecule has 6 heteroatoms. The minimum absolute atomic E-state index is 0.146. The van der Waals surface area contributed by atoms with Gasteiger partial charge in [0.15, 0.2) is 0 Å². The lowest BCUT2D eigenvalue weighted by Gasteiger charge is -2.47. The molecule has 0 saturated carbocycles. The van der Waals surface area contributed by atoms with Crippen molar-refractivity contribution in [1.82, 2.24) is 10.2 Å². The number of nitrogens with zero attached hydrogens (tertiary/aromatic N) is 2. The van der Waals surface area contributed by atoms with E-state index in [-0.39, 0.29) is 30.6 Å². The summed E-state index contributed by atoms with van der Waals surface area (Å²) in [5, 5.41) is 2.93. The molecule has 0 aromatic heterocycles. The third-order valence-electron chi connectivity index (χ3n) is 5.48. The molecule has 1 fully saturated rings. The van der Waals surface area contributed by atoms with Crippen LogP contribution in [0.5, 0.6) is 0 Å². The smallest absolute Gasteiger partial charge is 0.267 e. The molecule has 6 nitrogen and oxygen atoms in total. The van der Waals surface area contributed by atoms with Gasteiger partial charge in [-0.3, -0.25) is 19.3 Å². The van der Waals surface area contributed by atoms with E-state index in [1.54, 1.807) is 31.3 Å². The number of carbonyl (C=O) groups is 3. The molecular weight excluding hydrogens is 342 g/mol. The average Bonchev–Trinajstić information content (AvgIpc) is 3.04. The summed E-state index contributed by atoms with van der Waals surface area (Å²) in [6, 6.07) is 14.8. The Hall–Kier alpha value is -3.15. The molecule has 0 aliphatic carbocycles. The van der Waals surface area contributed by atoms with Crippen LogP contribution in [-0.4, -0.2) is 35.3 Å². The van der Waals surface area contributed by atoms with Crippen molar-refractivity contribution in [2.24, 2.45) is 0 Å². The molecule has 138 valence electrons. The van der Waals surface area contributed by atoms with Crippen LogP contribution in [0.3, 0.4) is 0 Å². The fraction of sp³-hybridized carbons (Fsp3) is 0.286. The van der Waals surface area contributed by atoms with Crippen LogP contribution in [0.2, 0.25) is 0 Å². The van der Waals surface area contributed by atoms with Crippen LogP contribution in [0.4, 0.5) is 5.69 Å². The normalized spacial score (nSPS) is 21.1. The Morgan fingerprint density at radius 3 is 2.56 bits per heavy atom. The summed E-state index contributed by atoms with van der Waals surface area (Å²) in [5.41, 5.74) is 1.75. The van der Waals surface area contributed by atoms with Crippen LogP contribution in [-0.2, 0) is 16.1 Å². The minimum Gasteiger partial charge on any atom is -0.348 e. The van der Waals surface area contributed by atoms with E-state index in [4.69, 9.17) is 0 Å². The fourth-order valence-corrected chi connectivity index (χ4v) is 3.96. The van der Waals surface area contributed by atoms with Gasteiger partial charge in [-0.05, 0) is 24.6 Å². The summed E-state index contributed by atoms with van der Waals surface area (Å²) in [6.07, 6.45) is 0.506. The third kappa shape index (κ3) is 2.51. The van der Waals surface area contributed by atoms with E-state index in [2.05, 4.69) is 5.32 Å². The quantitative estimate of drug-likeness (QED) is 0.909. The first-order valence-corrected chi connectivity index (χ1v) is 8.99. The molecule has 1 atom stereocenters. The number of nitrogens with one attached hydrogen (secondary N) is 1. The van der Waals surface area contributed by atoms with E-state index in [0.29, 0.717) is 17.8 Å². The molecule has 2 aromatic rings. The molecule has 4 rings (SSSR count). The lowest BCUT2D eigenvalue weighted by molar-refractivity contribution is -0.133. The maximum atomic E-state index is 13.3. The average molecular weight is 363 g/mol.